The molecule has 0 amide bonds. The molecule has 2 atom stereocenters. The van der Waals surface area contributed by atoms with E-state index in [0.717, 1.165) is 19.5 Å². The molecule has 1 aromatic rings. The van der Waals surface area contributed by atoms with E-state index in [4.69, 9.17) is 17.3 Å². The van der Waals surface area contributed by atoms with Crippen LogP contribution >= 0.6 is 11.6 Å². The van der Waals surface area contributed by atoms with Gasteiger partial charge in [0.2, 0.25) is 0 Å². The summed E-state index contributed by atoms with van der Waals surface area (Å²) >= 11 is 6.16. The van der Waals surface area contributed by atoms with E-state index in [1.807, 2.05) is 0 Å². The minimum Gasteiger partial charge on any atom is -0.478 e. The van der Waals surface area contributed by atoms with Crippen molar-refractivity contribution in [1.82, 2.24) is 4.90 Å². The number of nitrogens with one attached hydrogen (secondary N) is 1. The highest BCUT2D eigenvalue weighted by molar-refractivity contribution is 6.34. The quantitative estimate of drug-likeness (QED) is 0.747. The van der Waals surface area contributed by atoms with Gasteiger partial charge >= 0.3 is 5.97 Å². The number of halogens is 1. The number of hydrogen-bond donors (Lipinski definition) is 3. The maximum absolute atomic E-state index is 11.3. The van der Waals surface area contributed by atoms with Crippen LogP contribution in [0.1, 0.15) is 23.7 Å². The standard InChI is InChI=1S/C14H20ClN3O2/c1-8-7-18(2)4-3-12(8)17-13-10(14(19)20)5-9(16)6-11(13)15/h5-6,8,12,17H,3-4,7,16H2,1-2H3,(H,19,20). The molecule has 1 heterocycles. The lowest BCUT2D eigenvalue weighted by Crippen LogP contribution is -2.43. The Morgan fingerprint density at radius 2 is 2.25 bits per heavy atom. The van der Waals surface area contributed by atoms with Gasteiger partial charge in [-0.25, -0.2) is 4.79 Å². The van der Waals surface area contributed by atoms with Crippen LogP contribution in [-0.4, -0.2) is 42.2 Å². The molecule has 1 saturated heterocycles. The molecule has 6 heteroatoms. The number of nitrogens with two attached hydrogens (primary N) is 1. The SMILES string of the molecule is CC1CN(C)CCC1Nc1c(Cl)cc(N)cc1C(=O)O. The third-order valence-corrected chi connectivity index (χ3v) is 4.08. The summed E-state index contributed by atoms with van der Waals surface area (Å²) in [7, 11) is 2.09. The van der Waals surface area contributed by atoms with Gasteiger partial charge < -0.3 is 21.1 Å². The van der Waals surface area contributed by atoms with Crippen molar-refractivity contribution in [2.24, 2.45) is 5.92 Å². The highest BCUT2D eigenvalue weighted by Crippen LogP contribution is 2.32. The van der Waals surface area contributed by atoms with Crippen molar-refractivity contribution in [2.45, 2.75) is 19.4 Å². The molecule has 0 radical (unpaired) electrons. The van der Waals surface area contributed by atoms with Crippen LogP contribution in [0.4, 0.5) is 11.4 Å². The molecule has 0 aliphatic carbocycles. The van der Waals surface area contributed by atoms with Crippen LogP contribution in [0.3, 0.4) is 0 Å². The molecule has 0 spiro atoms. The molecule has 1 fully saturated rings. The first-order valence-electron chi connectivity index (χ1n) is 6.66. The normalized spacial score (nSPS) is 23.6. The molecule has 4 N–H and O–H groups in total. The highest BCUT2D eigenvalue weighted by Gasteiger charge is 2.26. The first-order chi connectivity index (χ1) is 9.38. The van der Waals surface area contributed by atoms with E-state index in [0.29, 0.717) is 22.3 Å². The summed E-state index contributed by atoms with van der Waals surface area (Å²) in [4.78, 5) is 13.6. The average molecular weight is 298 g/mol. The monoisotopic (exact) mass is 297 g/mol. The number of aromatic carboxylic acids is 1. The summed E-state index contributed by atoms with van der Waals surface area (Å²) in [6.45, 7) is 4.11. The van der Waals surface area contributed by atoms with Crippen molar-refractivity contribution in [2.75, 3.05) is 31.2 Å². The predicted octanol–water partition coefficient (Wildman–Crippen LogP) is 2.37. The van der Waals surface area contributed by atoms with Crippen LogP contribution in [0.2, 0.25) is 5.02 Å². The number of hydrogen-bond acceptors (Lipinski definition) is 4. The van der Waals surface area contributed by atoms with Crippen LogP contribution in [0, 0.1) is 5.92 Å². The van der Waals surface area contributed by atoms with Crippen LogP contribution in [-0.2, 0) is 0 Å². The summed E-state index contributed by atoms with van der Waals surface area (Å²) in [6.07, 6.45) is 0.956. The van der Waals surface area contributed by atoms with Gasteiger partial charge in [-0.15, -0.1) is 0 Å². The molecule has 1 aromatic carbocycles. The second kappa shape index (κ2) is 5.89. The van der Waals surface area contributed by atoms with Crippen molar-refractivity contribution in [3.8, 4) is 0 Å². The molecule has 110 valence electrons. The molecule has 0 bridgehead atoms. The minimum atomic E-state index is -1.03. The number of piperidine rings is 1. The minimum absolute atomic E-state index is 0.126. The van der Waals surface area contributed by atoms with Crippen LogP contribution in [0.5, 0.6) is 0 Å². The fourth-order valence-corrected chi connectivity index (χ4v) is 2.98. The van der Waals surface area contributed by atoms with Gasteiger partial charge in [0.15, 0.2) is 0 Å². The molecular weight excluding hydrogens is 278 g/mol. The molecule has 0 saturated carbocycles. The number of anilines is 2. The number of carboxylic acids is 1. The number of carbonyl (C=O) groups is 1. The first kappa shape index (κ1) is 14.9. The fourth-order valence-electron chi connectivity index (χ4n) is 2.70. The van der Waals surface area contributed by atoms with Crippen molar-refractivity contribution in [3.63, 3.8) is 0 Å². The number of likely N-dealkylation sites (tertiary alicyclic amines) is 1. The maximum atomic E-state index is 11.3. The van der Waals surface area contributed by atoms with Crippen molar-refractivity contribution in [1.29, 1.82) is 0 Å². The van der Waals surface area contributed by atoms with E-state index < -0.39 is 5.97 Å². The Morgan fingerprint density at radius 3 is 2.85 bits per heavy atom. The Hall–Kier alpha value is -1.46. The van der Waals surface area contributed by atoms with Crippen LogP contribution in [0.25, 0.3) is 0 Å². The number of nitrogens with zero attached hydrogens (tertiary/aromatic N) is 1. The summed E-state index contributed by atoms with van der Waals surface area (Å²) in [5.74, 6) is -0.605. The molecule has 0 aromatic heterocycles. The van der Waals surface area contributed by atoms with E-state index in [1.165, 1.54) is 6.07 Å². The number of nitrogen functional groups attached to an aromatic ring is 1. The van der Waals surface area contributed by atoms with Gasteiger partial charge in [0.1, 0.15) is 0 Å². The molecule has 2 unspecified atom stereocenters. The van der Waals surface area contributed by atoms with E-state index in [2.05, 4.69) is 24.2 Å². The van der Waals surface area contributed by atoms with Crippen molar-refractivity contribution in [3.05, 3.63) is 22.7 Å². The average Bonchev–Trinajstić information content (AvgIpc) is 2.34. The Kier molecular flexibility index (Phi) is 4.40. The van der Waals surface area contributed by atoms with Gasteiger partial charge in [0, 0.05) is 18.3 Å². The van der Waals surface area contributed by atoms with E-state index in [9.17, 15) is 9.90 Å². The Labute approximate surface area is 123 Å². The third kappa shape index (κ3) is 3.16. The second-order valence-corrected chi connectivity index (χ2v) is 5.92. The van der Waals surface area contributed by atoms with E-state index in [-0.39, 0.29) is 11.6 Å². The van der Waals surface area contributed by atoms with Crippen LogP contribution < -0.4 is 11.1 Å². The number of rotatable bonds is 3. The zero-order chi connectivity index (χ0) is 14.9. The van der Waals surface area contributed by atoms with E-state index >= 15 is 0 Å². The van der Waals surface area contributed by atoms with Gasteiger partial charge in [-0.05, 0) is 38.1 Å². The molecule has 1 aliphatic rings. The second-order valence-electron chi connectivity index (χ2n) is 5.51. The maximum Gasteiger partial charge on any atom is 0.337 e. The lowest BCUT2D eigenvalue weighted by atomic mass is 9.93. The zero-order valence-corrected chi connectivity index (χ0v) is 12.4. The first-order valence-corrected chi connectivity index (χ1v) is 7.03. The van der Waals surface area contributed by atoms with E-state index in [1.54, 1.807) is 6.07 Å². The topological polar surface area (TPSA) is 78.6 Å². The number of benzene rings is 1. The summed E-state index contributed by atoms with van der Waals surface area (Å²) in [5, 5.41) is 12.9. The molecule has 1 aliphatic heterocycles. The molecule has 5 nitrogen and oxygen atoms in total. The van der Waals surface area contributed by atoms with Crippen LogP contribution in [0.15, 0.2) is 12.1 Å². The largest absolute Gasteiger partial charge is 0.478 e. The summed E-state index contributed by atoms with van der Waals surface area (Å²) in [5.41, 5.74) is 6.61. The summed E-state index contributed by atoms with van der Waals surface area (Å²) < 4.78 is 0. The Morgan fingerprint density at radius 1 is 1.55 bits per heavy atom. The smallest absolute Gasteiger partial charge is 0.337 e. The van der Waals surface area contributed by atoms with Gasteiger partial charge in [0.05, 0.1) is 16.3 Å². The lowest BCUT2D eigenvalue weighted by molar-refractivity contribution is 0.0698. The van der Waals surface area contributed by atoms with Gasteiger partial charge in [-0.3, -0.25) is 0 Å². The predicted molar refractivity (Wildman–Crippen MR) is 81.5 cm³/mol. The van der Waals surface area contributed by atoms with Gasteiger partial charge in [-0.2, -0.15) is 0 Å². The Balaban J connectivity index is 2.27. The van der Waals surface area contributed by atoms with Crippen molar-refractivity contribution < 1.29 is 9.90 Å². The van der Waals surface area contributed by atoms with Gasteiger partial charge in [0.25, 0.3) is 0 Å². The highest BCUT2D eigenvalue weighted by atomic mass is 35.5. The Bertz CT molecular complexity index is 521. The van der Waals surface area contributed by atoms with Crippen molar-refractivity contribution >= 4 is 28.9 Å². The van der Waals surface area contributed by atoms with Gasteiger partial charge in [-0.1, -0.05) is 18.5 Å². The number of carboxylic acid groups (broad SMARTS) is 1. The fraction of sp³-hybridized carbons (Fsp3) is 0.500. The summed E-state index contributed by atoms with van der Waals surface area (Å²) in [6, 6.07) is 3.23. The molecule has 2 rings (SSSR count). The molecule has 20 heavy (non-hydrogen) atoms. The molecular formula is C14H20ClN3O2. The lowest BCUT2D eigenvalue weighted by Gasteiger charge is -2.36. The third-order valence-electron chi connectivity index (χ3n) is 3.78. The zero-order valence-electron chi connectivity index (χ0n) is 11.7.